The van der Waals surface area contributed by atoms with E-state index in [2.05, 4.69) is 26.2 Å². The Labute approximate surface area is 124 Å². The number of nitrogens with one attached hydrogen (secondary N) is 1. The Balaban J connectivity index is 2.27. The van der Waals surface area contributed by atoms with Crippen molar-refractivity contribution in [2.24, 2.45) is 0 Å². The smallest absolute Gasteiger partial charge is 0.330 e. The number of rotatable bonds is 5. The molecule has 2 rings (SSSR count). The molecule has 1 aromatic heterocycles. The second-order valence-electron chi connectivity index (χ2n) is 4.03. The number of carboxylic acid groups (broad SMARTS) is 1. The topological polar surface area (TPSA) is 71.5 Å². The van der Waals surface area contributed by atoms with Gasteiger partial charge in [0.1, 0.15) is 0 Å². The second kappa shape index (κ2) is 6.38. The average Bonchev–Trinajstić information content (AvgIpc) is 2.46. The molecule has 0 aliphatic rings. The summed E-state index contributed by atoms with van der Waals surface area (Å²) < 4.78 is 5.76. The molecule has 6 heteroatoms. The molecule has 0 fully saturated rings. The zero-order valence-electron chi connectivity index (χ0n) is 10.7. The van der Waals surface area contributed by atoms with Crippen molar-refractivity contribution in [2.75, 3.05) is 12.4 Å². The molecule has 0 saturated heterocycles. The Morgan fingerprint density at radius 2 is 2.10 bits per heavy atom. The first-order valence-electron chi connectivity index (χ1n) is 5.85. The van der Waals surface area contributed by atoms with Crippen molar-refractivity contribution in [3.05, 3.63) is 52.6 Å². The van der Waals surface area contributed by atoms with Crippen molar-refractivity contribution < 1.29 is 14.6 Å². The summed E-state index contributed by atoms with van der Waals surface area (Å²) in [7, 11) is 1.51. The Bertz CT molecular complexity index is 602. The highest BCUT2D eigenvalue weighted by Gasteiger charge is 2.20. The van der Waals surface area contributed by atoms with Crippen LogP contribution in [0.4, 0.5) is 5.69 Å². The molecule has 0 aliphatic carbocycles. The highest BCUT2D eigenvalue weighted by molar-refractivity contribution is 9.10. The molecule has 5 nitrogen and oxygen atoms in total. The fraction of sp³-hybridized carbons (Fsp3) is 0.143. The predicted molar refractivity (Wildman–Crippen MR) is 78.9 cm³/mol. The van der Waals surface area contributed by atoms with Gasteiger partial charge in [0.05, 0.1) is 7.11 Å². The highest BCUT2D eigenvalue weighted by Crippen LogP contribution is 2.26. The summed E-state index contributed by atoms with van der Waals surface area (Å²) >= 11 is 3.38. The van der Waals surface area contributed by atoms with Gasteiger partial charge in [-0.05, 0) is 34.1 Å². The number of methoxy groups -OCH3 is 1. The average molecular weight is 337 g/mol. The van der Waals surface area contributed by atoms with Crippen molar-refractivity contribution in [1.29, 1.82) is 0 Å². The molecule has 0 radical (unpaired) electrons. The number of halogens is 1. The standard InChI is InChI=1S/C14H13BrN2O3/c1-20-12-7-6-9(8-16-12)13(14(18)19)17-11-5-3-2-4-10(11)15/h2-8,13,17H,1H3,(H,18,19). The zero-order valence-corrected chi connectivity index (χ0v) is 12.3. The van der Waals surface area contributed by atoms with Gasteiger partial charge in [-0.2, -0.15) is 0 Å². The van der Waals surface area contributed by atoms with Crippen LogP contribution in [-0.4, -0.2) is 23.2 Å². The van der Waals surface area contributed by atoms with Crippen molar-refractivity contribution in [3.8, 4) is 5.88 Å². The molecular formula is C14H13BrN2O3. The number of aliphatic carboxylic acids is 1. The van der Waals surface area contributed by atoms with Gasteiger partial charge in [0.2, 0.25) is 5.88 Å². The van der Waals surface area contributed by atoms with E-state index in [9.17, 15) is 9.90 Å². The Morgan fingerprint density at radius 3 is 2.65 bits per heavy atom. The van der Waals surface area contributed by atoms with Crippen LogP contribution in [0, 0.1) is 0 Å². The molecule has 0 aliphatic heterocycles. The quantitative estimate of drug-likeness (QED) is 0.877. The minimum atomic E-state index is -0.979. The number of benzene rings is 1. The summed E-state index contributed by atoms with van der Waals surface area (Å²) in [5, 5.41) is 12.3. The number of nitrogens with zero attached hydrogens (tertiary/aromatic N) is 1. The Morgan fingerprint density at radius 1 is 1.35 bits per heavy atom. The third-order valence-corrected chi connectivity index (χ3v) is 3.41. The van der Waals surface area contributed by atoms with Crippen molar-refractivity contribution in [2.45, 2.75) is 6.04 Å². The van der Waals surface area contributed by atoms with E-state index >= 15 is 0 Å². The van der Waals surface area contributed by atoms with Crippen LogP contribution in [0.25, 0.3) is 0 Å². The van der Waals surface area contributed by atoms with Crippen LogP contribution in [0.5, 0.6) is 5.88 Å². The number of hydrogen-bond acceptors (Lipinski definition) is 4. The van der Waals surface area contributed by atoms with E-state index in [1.807, 2.05) is 18.2 Å². The third kappa shape index (κ3) is 3.27. The largest absolute Gasteiger partial charge is 0.481 e. The van der Waals surface area contributed by atoms with Gasteiger partial charge in [-0.1, -0.05) is 12.1 Å². The highest BCUT2D eigenvalue weighted by atomic mass is 79.9. The summed E-state index contributed by atoms with van der Waals surface area (Å²) in [6, 6.07) is 9.76. The third-order valence-electron chi connectivity index (χ3n) is 2.72. The maximum absolute atomic E-state index is 11.4. The number of carbonyl (C=O) groups is 1. The van der Waals surface area contributed by atoms with E-state index in [1.165, 1.54) is 13.3 Å². The van der Waals surface area contributed by atoms with Gasteiger partial charge < -0.3 is 15.2 Å². The van der Waals surface area contributed by atoms with Crippen molar-refractivity contribution in [3.63, 3.8) is 0 Å². The Hall–Kier alpha value is -2.08. The molecule has 0 amide bonds. The summed E-state index contributed by atoms with van der Waals surface area (Å²) in [4.78, 5) is 15.5. The fourth-order valence-electron chi connectivity index (χ4n) is 1.70. The first-order chi connectivity index (χ1) is 9.61. The summed E-state index contributed by atoms with van der Waals surface area (Å²) in [5.41, 5.74) is 1.25. The zero-order chi connectivity index (χ0) is 14.5. The van der Waals surface area contributed by atoms with Crippen LogP contribution in [0.3, 0.4) is 0 Å². The minimum Gasteiger partial charge on any atom is -0.481 e. The maximum Gasteiger partial charge on any atom is 0.330 e. The molecular weight excluding hydrogens is 324 g/mol. The molecule has 104 valence electrons. The van der Waals surface area contributed by atoms with Crippen LogP contribution >= 0.6 is 15.9 Å². The predicted octanol–water partition coefficient (Wildman–Crippen LogP) is 3.09. The number of anilines is 1. The molecule has 20 heavy (non-hydrogen) atoms. The van der Waals surface area contributed by atoms with Gasteiger partial charge >= 0.3 is 5.97 Å². The van der Waals surface area contributed by atoms with Gasteiger partial charge in [0.15, 0.2) is 6.04 Å². The molecule has 0 spiro atoms. The summed E-state index contributed by atoms with van der Waals surface area (Å²) in [5.74, 6) is -0.536. The lowest BCUT2D eigenvalue weighted by Gasteiger charge is -2.17. The van der Waals surface area contributed by atoms with Gasteiger partial charge in [-0.15, -0.1) is 0 Å². The maximum atomic E-state index is 11.4. The minimum absolute atomic E-state index is 0.443. The molecule has 1 unspecified atom stereocenters. The molecule has 1 aromatic carbocycles. The lowest BCUT2D eigenvalue weighted by molar-refractivity contribution is -0.138. The van der Waals surface area contributed by atoms with Crippen LogP contribution in [-0.2, 0) is 4.79 Å². The first-order valence-corrected chi connectivity index (χ1v) is 6.65. The molecule has 2 aromatic rings. The van der Waals surface area contributed by atoms with E-state index in [4.69, 9.17) is 4.74 Å². The normalized spacial score (nSPS) is 11.7. The SMILES string of the molecule is COc1ccc(C(Nc2ccccc2Br)C(=O)O)cn1. The molecule has 1 heterocycles. The lowest BCUT2D eigenvalue weighted by Crippen LogP contribution is -2.20. The summed E-state index contributed by atoms with van der Waals surface area (Å²) in [6.07, 6.45) is 1.49. The first kappa shape index (κ1) is 14.3. The molecule has 0 bridgehead atoms. The van der Waals surface area contributed by atoms with Crippen LogP contribution in [0.15, 0.2) is 47.1 Å². The number of para-hydroxylation sites is 1. The van der Waals surface area contributed by atoms with Gasteiger partial charge in [-0.25, -0.2) is 9.78 Å². The monoisotopic (exact) mass is 336 g/mol. The van der Waals surface area contributed by atoms with E-state index < -0.39 is 12.0 Å². The van der Waals surface area contributed by atoms with Crippen LogP contribution in [0.1, 0.15) is 11.6 Å². The number of carboxylic acids is 1. The van der Waals surface area contributed by atoms with Crippen molar-refractivity contribution in [1.82, 2.24) is 4.98 Å². The summed E-state index contributed by atoms with van der Waals surface area (Å²) in [6.45, 7) is 0. The molecule has 2 N–H and O–H groups in total. The van der Waals surface area contributed by atoms with Crippen LogP contribution < -0.4 is 10.1 Å². The van der Waals surface area contributed by atoms with E-state index in [-0.39, 0.29) is 0 Å². The molecule has 1 atom stereocenters. The van der Waals surface area contributed by atoms with Gasteiger partial charge in [-0.3, -0.25) is 0 Å². The van der Waals surface area contributed by atoms with Gasteiger partial charge in [0, 0.05) is 28.0 Å². The number of pyridine rings is 1. The van der Waals surface area contributed by atoms with Crippen LogP contribution in [0.2, 0.25) is 0 Å². The van der Waals surface area contributed by atoms with Gasteiger partial charge in [0.25, 0.3) is 0 Å². The number of ether oxygens (including phenoxy) is 1. The number of aromatic nitrogens is 1. The fourth-order valence-corrected chi connectivity index (χ4v) is 2.10. The van der Waals surface area contributed by atoms with E-state index in [0.29, 0.717) is 17.1 Å². The number of hydrogen-bond donors (Lipinski definition) is 2. The molecule has 0 saturated carbocycles. The van der Waals surface area contributed by atoms with Crippen molar-refractivity contribution >= 4 is 27.6 Å². The lowest BCUT2D eigenvalue weighted by atomic mass is 10.1. The van der Waals surface area contributed by atoms with E-state index in [0.717, 1.165) is 4.47 Å². The van der Waals surface area contributed by atoms with E-state index in [1.54, 1.807) is 18.2 Å². The Kier molecular flexibility index (Phi) is 4.57. The second-order valence-corrected chi connectivity index (χ2v) is 4.88.